The number of ether oxygens (including phenoxy) is 1. The van der Waals surface area contributed by atoms with E-state index in [1.54, 1.807) is 24.3 Å². The molecule has 1 saturated carbocycles. The second-order valence-electron chi connectivity index (χ2n) is 12.3. The summed E-state index contributed by atoms with van der Waals surface area (Å²) in [5, 5.41) is 3.50. The monoisotopic (exact) mass is 765 g/mol. The number of aryl methyl sites for hydroxylation is 1. The van der Waals surface area contributed by atoms with Gasteiger partial charge in [-0.1, -0.05) is 107 Å². The van der Waals surface area contributed by atoms with Crippen LogP contribution in [0.25, 0.3) is 0 Å². The van der Waals surface area contributed by atoms with Crippen molar-refractivity contribution in [2.45, 2.75) is 69.0 Å². The van der Waals surface area contributed by atoms with Crippen molar-refractivity contribution in [1.82, 2.24) is 10.2 Å². The molecule has 258 valence electrons. The van der Waals surface area contributed by atoms with E-state index in [0.29, 0.717) is 0 Å². The minimum atomic E-state index is -4.32. The van der Waals surface area contributed by atoms with Crippen LogP contribution in [0.15, 0.2) is 106 Å². The highest BCUT2D eigenvalue weighted by atomic mass is 79.9. The number of nitrogens with one attached hydrogen (secondary N) is 1. The smallest absolute Gasteiger partial charge is 0.264 e. The number of amides is 2. The summed E-state index contributed by atoms with van der Waals surface area (Å²) in [5.41, 5.74) is 2.64. The molecule has 0 radical (unpaired) electrons. The fourth-order valence-electron chi connectivity index (χ4n) is 6.14. The lowest BCUT2D eigenvalue weighted by Crippen LogP contribution is -2.55. The summed E-state index contributed by atoms with van der Waals surface area (Å²) in [7, 11) is -2.89. The number of benzene rings is 4. The predicted molar refractivity (Wildman–Crippen MR) is 197 cm³/mol. The van der Waals surface area contributed by atoms with Crippen LogP contribution in [0.4, 0.5) is 5.69 Å². The molecule has 1 atom stereocenters. The Morgan fingerprint density at radius 2 is 1.61 bits per heavy atom. The highest BCUT2D eigenvalue weighted by molar-refractivity contribution is 9.10. The molecule has 5 rings (SSSR count). The van der Waals surface area contributed by atoms with E-state index in [2.05, 4.69) is 21.2 Å². The summed E-state index contributed by atoms with van der Waals surface area (Å²) in [6.45, 7) is 1.32. The summed E-state index contributed by atoms with van der Waals surface area (Å²) >= 11 is 9.93. The van der Waals surface area contributed by atoms with Crippen molar-refractivity contribution in [3.8, 4) is 5.75 Å². The molecule has 1 fully saturated rings. The molecule has 4 aromatic rings. The number of carbonyl (C=O) groups is 2. The van der Waals surface area contributed by atoms with Crippen molar-refractivity contribution in [3.63, 3.8) is 0 Å². The zero-order chi connectivity index (χ0) is 35.0. The molecule has 0 heterocycles. The third kappa shape index (κ3) is 9.44. The Balaban J connectivity index is 1.60. The molecule has 49 heavy (non-hydrogen) atoms. The van der Waals surface area contributed by atoms with Gasteiger partial charge >= 0.3 is 0 Å². The van der Waals surface area contributed by atoms with Crippen molar-refractivity contribution < 1.29 is 22.7 Å². The lowest BCUT2D eigenvalue weighted by atomic mass is 9.94. The van der Waals surface area contributed by atoms with Gasteiger partial charge in [-0.2, -0.15) is 0 Å². The zero-order valence-corrected chi connectivity index (χ0v) is 30.8. The average molecular weight is 767 g/mol. The Hall–Kier alpha value is -3.86. The van der Waals surface area contributed by atoms with Crippen LogP contribution in [-0.4, -0.2) is 50.9 Å². The molecule has 0 spiro atoms. The molecule has 0 unspecified atom stereocenters. The second kappa shape index (κ2) is 16.7. The molecule has 0 aliphatic heterocycles. The first-order valence-corrected chi connectivity index (χ1v) is 19.0. The number of hydrogen-bond donors (Lipinski definition) is 1. The maximum absolute atomic E-state index is 14.8. The number of halogens is 2. The minimum Gasteiger partial charge on any atom is -0.495 e. The van der Waals surface area contributed by atoms with E-state index in [0.717, 1.165) is 57.6 Å². The third-order valence-electron chi connectivity index (χ3n) is 8.76. The molecule has 1 aliphatic rings. The van der Waals surface area contributed by atoms with Gasteiger partial charge in [-0.15, -0.1) is 0 Å². The number of rotatable bonds is 13. The van der Waals surface area contributed by atoms with Crippen LogP contribution in [0.2, 0.25) is 5.02 Å². The second-order valence-corrected chi connectivity index (χ2v) is 15.6. The maximum Gasteiger partial charge on any atom is 0.264 e. The molecule has 8 nitrogen and oxygen atoms in total. The van der Waals surface area contributed by atoms with E-state index in [9.17, 15) is 18.0 Å². The van der Waals surface area contributed by atoms with Gasteiger partial charge in [0.25, 0.3) is 10.0 Å². The van der Waals surface area contributed by atoms with Crippen LogP contribution in [0.5, 0.6) is 5.75 Å². The standard InChI is InChI=1S/C38H41BrClN3O5S/c1-27-16-19-33(20-17-27)49(46,47)43(34-24-31(40)18-21-36(34)48-2)26-37(44)42(25-29-12-9-13-30(39)22-29)35(23-28-10-5-3-6-11-28)38(45)41-32-14-7-4-8-15-32/h3,5-6,9-13,16-22,24,32,35H,4,7-8,14-15,23,25-26H2,1-2H3,(H,41,45)/t35-/m0/s1. The summed E-state index contributed by atoms with van der Waals surface area (Å²) in [6.07, 6.45) is 5.18. The first-order valence-electron chi connectivity index (χ1n) is 16.4. The van der Waals surface area contributed by atoms with Gasteiger partial charge in [0.1, 0.15) is 18.3 Å². The number of hydrogen-bond acceptors (Lipinski definition) is 5. The Kier molecular flexibility index (Phi) is 12.4. The zero-order valence-electron chi connectivity index (χ0n) is 27.6. The first-order chi connectivity index (χ1) is 23.5. The number of nitrogens with zero attached hydrogens (tertiary/aromatic N) is 2. The summed E-state index contributed by atoms with van der Waals surface area (Å²) in [4.78, 5) is 30.6. The molecule has 4 aromatic carbocycles. The van der Waals surface area contributed by atoms with Crippen molar-refractivity contribution >= 4 is 55.1 Å². The van der Waals surface area contributed by atoms with Crippen molar-refractivity contribution in [2.24, 2.45) is 0 Å². The SMILES string of the molecule is COc1ccc(Cl)cc1N(CC(=O)N(Cc1cccc(Br)c1)[C@@H](Cc1ccccc1)C(=O)NC1CCCCC1)S(=O)(=O)c1ccc(C)cc1. The van der Waals surface area contributed by atoms with E-state index in [1.807, 2.05) is 61.5 Å². The molecular formula is C38H41BrClN3O5S. The highest BCUT2D eigenvalue weighted by Crippen LogP contribution is 2.35. The number of anilines is 1. The maximum atomic E-state index is 14.8. The van der Waals surface area contributed by atoms with Gasteiger partial charge in [-0.25, -0.2) is 8.42 Å². The van der Waals surface area contributed by atoms with E-state index in [4.69, 9.17) is 16.3 Å². The largest absolute Gasteiger partial charge is 0.495 e. The number of methoxy groups -OCH3 is 1. The van der Waals surface area contributed by atoms with Crippen LogP contribution < -0.4 is 14.4 Å². The van der Waals surface area contributed by atoms with Gasteiger partial charge in [-0.05, 0) is 73.4 Å². The number of carbonyl (C=O) groups excluding carboxylic acids is 2. The average Bonchev–Trinajstić information content (AvgIpc) is 3.09. The Morgan fingerprint density at radius 3 is 2.29 bits per heavy atom. The van der Waals surface area contributed by atoms with Gasteiger partial charge in [0.05, 0.1) is 17.7 Å². The van der Waals surface area contributed by atoms with Gasteiger partial charge in [0.15, 0.2) is 0 Å². The third-order valence-corrected chi connectivity index (χ3v) is 11.3. The first kappa shape index (κ1) is 36.4. The van der Waals surface area contributed by atoms with Crippen LogP contribution in [0.3, 0.4) is 0 Å². The van der Waals surface area contributed by atoms with E-state index in [1.165, 1.54) is 30.2 Å². The van der Waals surface area contributed by atoms with Crippen LogP contribution in [0.1, 0.15) is 48.8 Å². The minimum absolute atomic E-state index is 0.00217. The summed E-state index contributed by atoms with van der Waals surface area (Å²) < 4.78 is 36.2. The van der Waals surface area contributed by atoms with Gasteiger partial charge in [0.2, 0.25) is 11.8 Å². The summed E-state index contributed by atoms with van der Waals surface area (Å²) in [6, 6.07) is 27.2. The Morgan fingerprint density at radius 1 is 0.918 bits per heavy atom. The quantitative estimate of drug-likeness (QED) is 0.151. The molecular weight excluding hydrogens is 726 g/mol. The lowest BCUT2D eigenvalue weighted by molar-refractivity contribution is -0.140. The molecule has 1 aliphatic carbocycles. The molecule has 0 saturated heterocycles. The van der Waals surface area contributed by atoms with Crippen LogP contribution in [0, 0.1) is 6.92 Å². The van der Waals surface area contributed by atoms with Crippen molar-refractivity contribution in [1.29, 1.82) is 0 Å². The molecule has 1 N–H and O–H groups in total. The molecule has 0 bridgehead atoms. The number of sulfonamides is 1. The topological polar surface area (TPSA) is 96.0 Å². The van der Waals surface area contributed by atoms with E-state index in [-0.39, 0.29) is 46.3 Å². The van der Waals surface area contributed by atoms with Gasteiger partial charge in [0, 0.05) is 28.5 Å². The fraction of sp³-hybridized carbons (Fsp3) is 0.316. The van der Waals surface area contributed by atoms with Crippen molar-refractivity contribution in [3.05, 3.63) is 123 Å². The summed E-state index contributed by atoms with van der Waals surface area (Å²) in [5.74, 6) is -0.605. The predicted octanol–water partition coefficient (Wildman–Crippen LogP) is 7.70. The fourth-order valence-corrected chi connectivity index (χ4v) is 8.17. The Labute approximate surface area is 302 Å². The van der Waals surface area contributed by atoms with Gasteiger partial charge < -0.3 is 15.0 Å². The van der Waals surface area contributed by atoms with Crippen LogP contribution in [-0.2, 0) is 32.6 Å². The van der Waals surface area contributed by atoms with E-state index >= 15 is 0 Å². The lowest BCUT2D eigenvalue weighted by Gasteiger charge is -2.35. The Bertz CT molecular complexity index is 1850. The highest BCUT2D eigenvalue weighted by Gasteiger charge is 2.36. The van der Waals surface area contributed by atoms with Crippen LogP contribution >= 0.6 is 27.5 Å². The van der Waals surface area contributed by atoms with E-state index < -0.39 is 28.5 Å². The normalized spacial score (nSPS) is 14.1. The van der Waals surface area contributed by atoms with Crippen molar-refractivity contribution in [2.75, 3.05) is 18.0 Å². The molecule has 0 aromatic heterocycles. The van der Waals surface area contributed by atoms with Gasteiger partial charge in [-0.3, -0.25) is 13.9 Å². The molecule has 11 heteroatoms. The molecule has 2 amide bonds.